The van der Waals surface area contributed by atoms with Crippen molar-refractivity contribution in [2.24, 2.45) is 0 Å². The van der Waals surface area contributed by atoms with E-state index in [1.807, 2.05) is 30.3 Å². The normalized spacial score (nSPS) is 11.9. The zero-order chi connectivity index (χ0) is 17.5. The van der Waals surface area contributed by atoms with Gasteiger partial charge in [-0.05, 0) is 47.9 Å². The Morgan fingerprint density at radius 2 is 1.60 bits per heavy atom. The van der Waals surface area contributed by atoms with Gasteiger partial charge in [0.25, 0.3) is 0 Å². The molecule has 25 heavy (non-hydrogen) atoms. The van der Waals surface area contributed by atoms with Crippen molar-refractivity contribution >= 4 is 15.9 Å². The smallest absolute Gasteiger partial charge is 0.120 e. The van der Waals surface area contributed by atoms with E-state index >= 15 is 0 Å². The third-order valence-electron chi connectivity index (χ3n) is 4.13. The first-order valence-electron chi connectivity index (χ1n) is 8.45. The number of hydrogen-bond acceptors (Lipinski definition) is 2. The molecule has 0 fully saturated rings. The minimum atomic E-state index is 0.294. The average molecular weight is 396 g/mol. The number of rotatable bonds is 7. The van der Waals surface area contributed by atoms with Crippen LogP contribution in [0.25, 0.3) is 0 Å². The zero-order valence-electron chi connectivity index (χ0n) is 14.3. The molecule has 0 saturated heterocycles. The first-order chi connectivity index (χ1) is 12.2. The van der Waals surface area contributed by atoms with E-state index in [0.717, 1.165) is 16.8 Å². The van der Waals surface area contributed by atoms with Crippen LogP contribution in [0.2, 0.25) is 0 Å². The molecule has 0 aliphatic rings. The van der Waals surface area contributed by atoms with Crippen molar-refractivity contribution in [3.63, 3.8) is 0 Å². The summed E-state index contributed by atoms with van der Waals surface area (Å²) in [6.45, 7) is 3.58. The highest BCUT2D eigenvalue weighted by molar-refractivity contribution is 9.10. The van der Waals surface area contributed by atoms with Crippen LogP contribution < -0.4 is 10.1 Å². The van der Waals surface area contributed by atoms with Gasteiger partial charge in [0.1, 0.15) is 12.4 Å². The highest BCUT2D eigenvalue weighted by Gasteiger charge is 2.05. The molecule has 0 amide bonds. The number of benzene rings is 3. The van der Waals surface area contributed by atoms with E-state index in [9.17, 15) is 0 Å². The van der Waals surface area contributed by atoms with E-state index in [4.69, 9.17) is 4.74 Å². The molecule has 0 bridgehead atoms. The van der Waals surface area contributed by atoms with Gasteiger partial charge >= 0.3 is 0 Å². The predicted octanol–water partition coefficient (Wildman–Crippen LogP) is 5.88. The number of ether oxygens (including phenoxy) is 1. The number of halogens is 1. The standard InChI is InChI=1S/C22H22BrNO/c1-17(20-10-12-21(23)13-11-20)24-15-19-8-5-9-22(14-19)25-16-18-6-3-2-4-7-18/h2-14,17,24H,15-16H2,1H3. The van der Waals surface area contributed by atoms with Crippen LogP contribution in [0.1, 0.15) is 29.7 Å². The highest BCUT2D eigenvalue weighted by Crippen LogP contribution is 2.19. The van der Waals surface area contributed by atoms with Crippen molar-refractivity contribution in [2.75, 3.05) is 0 Å². The van der Waals surface area contributed by atoms with Crippen LogP contribution in [0.3, 0.4) is 0 Å². The maximum Gasteiger partial charge on any atom is 0.120 e. The Bertz CT molecular complexity index is 787. The van der Waals surface area contributed by atoms with Crippen molar-refractivity contribution < 1.29 is 4.74 Å². The lowest BCUT2D eigenvalue weighted by molar-refractivity contribution is 0.306. The van der Waals surface area contributed by atoms with Gasteiger partial charge in [0, 0.05) is 17.1 Å². The first-order valence-corrected chi connectivity index (χ1v) is 9.24. The molecule has 0 saturated carbocycles. The Kier molecular flexibility index (Phi) is 6.26. The molecule has 0 radical (unpaired) electrons. The Morgan fingerprint density at radius 1 is 0.880 bits per heavy atom. The minimum Gasteiger partial charge on any atom is -0.489 e. The summed E-state index contributed by atoms with van der Waals surface area (Å²) < 4.78 is 7.01. The van der Waals surface area contributed by atoms with Gasteiger partial charge < -0.3 is 10.1 Å². The van der Waals surface area contributed by atoms with E-state index < -0.39 is 0 Å². The van der Waals surface area contributed by atoms with Gasteiger partial charge in [-0.1, -0.05) is 70.5 Å². The van der Waals surface area contributed by atoms with Crippen LogP contribution in [0.15, 0.2) is 83.3 Å². The Hall–Kier alpha value is -2.10. The van der Waals surface area contributed by atoms with Gasteiger partial charge in [0.2, 0.25) is 0 Å². The lowest BCUT2D eigenvalue weighted by Crippen LogP contribution is -2.18. The summed E-state index contributed by atoms with van der Waals surface area (Å²) in [5.41, 5.74) is 3.67. The number of nitrogens with one attached hydrogen (secondary N) is 1. The minimum absolute atomic E-state index is 0.294. The fourth-order valence-electron chi connectivity index (χ4n) is 2.63. The maximum atomic E-state index is 5.90. The topological polar surface area (TPSA) is 21.3 Å². The monoisotopic (exact) mass is 395 g/mol. The van der Waals surface area contributed by atoms with Crippen molar-refractivity contribution in [2.45, 2.75) is 26.1 Å². The molecule has 0 aliphatic heterocycles. The van der Waals surface area contributed by atoms with Gasteiger partial charge in [0.05, 0.1) is 0 Å². The van der Waals surface area contributed by atoms with Crippen molar-refractivity contribution in [3.05, 3.63) is 100 Å². The Labute approximate surface area is 158 Å². The Morgan fingerprint density at radius 3 is 2.36 bits per heavy atom. The molecule has 1 N–H and O–H groups in total. The lowest BCUT2D eigenvalue weighted by Gasteiger charge is -2.15. The molecule has 3 aromatic rings. The van der Waals surface area contributed by atoms with Crippen LogP contribution in [0.4, 0.5) is 0 Å². The number of hydrogen-bond donors (Lipinski definition) is 1. The second-order valence-corrected chi connectivity index (χ2v) is 6.99. The molecular weight excluding hydrogens is 374 g/mol. The van der Waals surface area contributed by atoms with Crippen molar-refractivity contribution in [3.8, 4) is 5.75 Å². The first kappa shape index (κ1) is 17.7. The molecule has 3 rings (SSSR count). The molecule has 1 atom stereocenters. The predicted molar refractivity (Wildman–Crippen MR) is 107 cm³/mol. The van der Waals surface area contributed by atoms with E-state index in [1.165, 1.54) is 16.7 Å². The lowest BCUT2D eigenvalue weighted by atomic mass is 10.1. The van der Waals surface area contributed by atoms with Crippen LogP contribution in [-0.4, -0.2) is 0 Å². The summed E-state index contributed by atoms with van der Waals surface area (Å²) in [7, 11) is 0. The summed E-state index contributed by atoms with van der Waals surface area (Å²) >= 11 is 3.48. The second kappa shape index (κ2) is 8.84. The Balaban J connectivity index is 1.55. The van der Waals surface area contributed by atoms with Gasteiger partial charge in [-0.3, -0.25) is 0 Å². The largest absolute Gasteiger partial charge is 0.489 e. The highest BCUT2D eigenvalue weighted by atomic mass is 79.9. The molecule has 0 spiro atoms. The van der Waals surface area contributed by atoms with E-state index in [2.05, 4.69) is 76.7 Å². The summed E-state index contributed by atoms with van der Waals surface area (Å²) in [4.78, 5) is 0. The van der Waals surface area contributed by atoms with E-state index in [0.29, 0.717) is 12.6 Å². The van der Waals surface area contributed by atoms with Crippen molar-refractivity contribution in [1.82, 2.24) is 5.32 Å². The molecule has 128 valence electrons. The van der Waals surface area contributed by atoms with Crippen LogP contribution in [0, 0.1) is 0 Å². The third-order valence-corrected chi connectivity index (χ3v) is 4.66. The summed E-state index contributed by atoms with van der Waals surface area (Å²) in [5.74, 6) is 0.902. The van der Waals surface area contributed by atoms with Gasteiger partial charge in [-0.25, -0.2) is 0 Å². The fourth-order valence-corrected chi connectivity index (χ4v) is 2.89. The van der Waals surface area contributed by atoms with Gasteiger partial charge in [-0.15, -0.1) is 0 Å². The third kappa shape index (κ3) is 5.45. The molecule has 0 aliphatic carbocycles. The average Bonchev–Trinajstić information content (AvgIpc) is 2.66. The van der Waals surface area contributed by atoms with Crippen LogP contribution >= 0.6 is 15.9 Å². The van der Waals surface area contributed by atoms with Crippen molar-refractivity contribution in [1.29, 1.82) is 0 Å². The van der Waals surface area contributed by atoms with Crippen LogP contribution in [0.5, 0.6) is 5.75 Å². The van der Waals surface area contributed by atoms with E-state index in [1.54, 1.807) is 0 Å². The molecule has 2 nitrogen and oxygen atoms in total. The molecule has 0 heterocycles. The molecule has 3 aromatic carbocycles. The summed E-state index contributed by atoms with van der Waals surface area (Å²) in [6, 6.07) is 27.2. The van der Waals surface area contributed by atoms with Gasteiger partial charge in [-0.2, -0.15) is 0 Å². The SMILES string of the molecule is CC(NCc1cccc(OCc2ccccc2)c1)c1ccc(Br)cc1. The summed E-state index contributed by atoms with van der Waals surface area (Å²) in [5, 5.41) is 3.56. The molecular formula is C22H22BrNO. The van der Waals surface area contributed by atoms with Crippen LogP contribution in [-0.2, 0) is 13.2 Å². The van der Waals surface area contributed by atoms with Gasteiger partial charge in [0.15, 0.2) is 0 Å². The molecule has 0 aromatic heterocycles. The fraction of sp³-hybridized carbons (Fsp3) is 0.182. The molecule has 3 heteroatoms. The van der Waals surface area contributed by atoms with E-state index in [-0.39, 0.29) is 0 Å². The molecule has 1 unspecified atom stereocenters. The maximum absolute atomic E-state index is 5.90. The zero-order valence-corrected chi connectivity index (χ0v) is 15.9. The quantitative estimate of drug-likeness (QED) is 0.539. The summed E-state index contributed by atoms with van der Waals surface area (Å²) in [6.07, 6.45) is 0. The second-order valence-electron chi connectivity index (χ2n) is 6.08.